The van der Waals surface area contributed by atoms with Gasteiger partial charge in [0.15, 0.2) is 11.9 Å². The number of allylic oxidation sites excluding steroid dienone is 1. The summed E-state index contributed by atoms with van der Waals surface area (Å²) in [5.74, 6) is 2.07. The van der Waals surface area contributed by atoms with Gasteiger partial charge in [-0.25, -0.2) is 0 Å². The first-order valence-corrected chi connectivity index (χ1v) is 6.57. The minimum absolute atomic E-state index is 0.0961. The van der Waals surface area contributed by atoms with Crippen molar-refractivity contribution < 1.29 is 9.47 Å². The van der Waals surface area contributed by atoms with Crippen molar-refractivity contribution >= 4 is 0 Å². The van der Waals surface area contributed by atoms with Gasteiger partial charge >= 0.3 is 0 Å². The molecule has 0 unspecified atom stereocenters. The number of ether oxygens (including phenoxy) is 2. The van der Waals surface area contributed by atoms with E-state index in [1.807, 2.05) is 19.9 Å². The van der Waals surface area contributed by atoms with Gasteiger partial charge in [-0.2, -0.15) is 0 Å². The van der Waals surface area contributed by atoms with Crippen molar-refractivity contribution in [1.82, 2.24) is 0 Å². The number of rotatable bonds is 6. The second kappa shape index (κ2) is 6.83. The van der Waals surface area contributed by atoms with Crippen molar-refractivity contribution in [2.45, 2.75) is 70.9 Å². The second-order valence-electron chi connectivity index (χ2n) is 4.96. The number of hydrogen-bond acceptors (Lipinski definition) is 2. The lowest BCUT2D eigenvalue weighted by Gasteiger charge is -2.15. The van der Waals surface area contributed by atoms with Crippen LogP contribution >= 0.6 is 0 Å². The number of terminal acetylenes is 1. The van der Waals surface area contributed by atoms with Crippen molar-refractivity contribution in [1.29, 1.82) is 0 Å². The molecule has 0 aromatic carbocycles. The molecule has 1 rings (SSSR count). The molecule has 2 nitrogen and oxygen atoms in total. The van der Waals surface area contributed by atoms with Crippen LogP contribution in [0.5, 0.6) is 0 Å². The van der Waals surface area contributed by atoms with E-state index in [0.29, 0.717) is 0 Å². The molecule has 0 radical (unpaired) electrons. The molecule has 0 amide bonds. The highest BCUT2D eigenvalue weighted by Gasteiger charge is 2.38. The Balaban J connectivity index is 2.30. The zero-order chi connectivity index (χ0) is 12.7. The summed E-state index contributed by atoms with van der Waals surface area (Å²) in [7, 11) is 0. The van der Waals surface area contributed by atoms with Crippen LogP contribution in [-0.2, 0) is 9.47 Å². The fraction of sp³-hybridized carbons (Fsp3) is 0.733. The predicted octanol–water partition coefficient (Wildman–Crippen LogP) is 3.67. The van der Waals surface area contributed by atoms with Crippen molar-refractivity contribution in [3.63, 3.8) is 0 Å². The Morgan fingerprint density at radius 3 is 2.65 bits per heavy atom. The zero-order valence-corrected chi connectivity index (χ0v) is 11.2. The molecule has 0 saturated carbocycles. The van der Waals surface area contributed by atoms with E-state index < -0.39 is 5.79 Å². The van der Waals surface area contributed by atoms with Gasteiger partial charge < -0.3 is 9.47 Å². The van der Waals surface area contributed by atoms with Crippen LogP contribution in [0.15, 0.2) is 12.2 Å². The topological polar surface area (TPSA) is 18.5 Å². The van der Waals surface area contributed by atoms with Gasteiger partial charge in [0.1, 0.15) is 6.10 Å². The quantitative estimate of drug-likeness (QED) is 0.398. The Kier molecular flexibility index (Phi) is 5.74. The standard InChI is InChI=1S/C15H24O2/c1-5-7-8-9-10-11-12-14-13(6-2)16-15(3,4)17-14/h2,11-14H,5,7-10H2,1,3-4H3/b12-11+/t13-,14-/m1/s1. The molecule has 1 saturated heterocycles. The van der Waals surface area contributed by atoms with Crippen LogP contribution in [0.3, 0.4) is 0 Å². The highest BCUT2D eigenvalue weighted by atomic mass is 16.7. The second-order valence-corrected chi connectivity index (χ2v) is 4.96. The van der Waals surface area contributed by atoms with E-state index in [1.165, 1.54) is 25.7 Å². The number of unbranched alkanes of at least 4 members (excludes halogenated alkanes) is 4. The molecule has 1 aliphatic rings. The van der Waals surface area contributed by atoms with E-state index in [9.17, 15) is 0 Å². The minimum atomic E-state index is -0.561. The Bertz CT molecular complexity index is 286. The van der Waals surface area contributed by atoms with Gasteiger partial charge in [-0.1, -0.05) is 44.3 Å². The van der Waals surface area contributed by atoms with Gasteiger partial charge in [0, 0.05) is 0 Å². The third-order valence-corrected chi connectivity index (χ3v) is 2.84. The summed E-state index contributed by atoms with van der Waals surface area (Å²) in [6.45, 7) is 6.01. The molecule has 0 aliphatic carbocycles. The average molecular weight is 236 g/mol. The van der Waals surface area contributed by atoms with E-state index in [4.69, 9.17) is 15.9 Å². The maximum Gasteiger partial charge on any atom is 0.165 e. The summed E-state index contributed by atoms with van der Waals surface area (Å²) in [5, 5.41) is 0. The van der Waals surface area contributed by atoms with Crippen molar-refractivity contribution in [3.8, 4) is 12.3 Å². The molecule has 1 fully saturated rings. The summed E-state index contributed by atoms with van der Waals surface area (Å²) in [5.41, 5.74) is 0. The normalized spacial score (nSPS) is 27.4. The van der Waals surface area contributed by atoms with Crippen LogP contribution in [0.1, 0.15) is 52.9 Å². The molecule has 2 heteroatoms. The molecular formula is C15H24O2. The Morgan fingerprint density at radius 1 is 1.24 bits per heavy atom. The van der Waals surface area contributed by atoms with Gasteiger partial charge in [0.25, 0.3) is 0 Å². The highest BCUT2D eigenvalue weighted by Crippen LogP contribution is 2.28. The summed E-state index contributed by atoms with van der Waals surface area (Å²) in [6, 6.07) is 0. The smallest absolute Gasteiger partial charge is 0.165 e. The Morgan fingerprint density at radius 2 is 2.00 bits per heavy atom. The summed E-state index contributed by atoms with van der Waals surface area (Å²) >= 11 is 0. The van der Waals surface area contributed by atoms with E-state index in [1.54, 1.807) is 0 Å². The summed E-state index contributed by atoms with van der Waals surface area (Å²) in [6.07, 6.45) is 15.5. The minimum Gasteiger partial charge on any atom is -0.339 e. The molecule has 1 heterocycles. The molecule has 0 N–H and O–H groups in total. The largest absolute Gasteiger partial charge is 0.339 e. The molecule has 1 aliphatic heterocycles. The third-order valence-electron chi connectivity index (χ3n) is 2.84. The van der Waals surface area contributed by atoms with Gasteiger partial charge in [-0.3, -0.25) is 0 Å². The molecule has 0 bridgehead atoms. The van der Waals surface area contributed by atoms with Crippen molar-refractivity contribution in [2.75, 3.05) is 0 Å². The molecule has 2 atom stereocenters. The van der Waals surface area contributed by atoms with E-state index >= 15 is 0 Å². The fourth-order valence-corrected chi connectivity index (χ4v) is 1.98. The molecular weight excluding hydrogens is 212 g/mol. The predicted molar refractivity (Wildman–Crippen MR) is 70.6 cm³/mol. The first-order valence-electron chi connectivity index (χ1n) is 6.57. The van der Waals surface area contributed by atoms with Crippen LogP contribution in [0, 0.1) is 12.3 Å². The van der Waals surface area contributed by atoms with E-state index in [-0.39, 0.29) is 12.2 Å². The van der Waals surface area contributed by atoms with Crippen LogP contribution in [-0.4, -0.2) is 18.0 Å². The van der Waals surface area contributed by atoms with Gasteiger partial charge in [0.05, 0.1) is 0 Å². The lowest BCUT2D eigenvalue weighted by molar-refractivity contribution is -0.138. The monoisotopic (exact) mass is 236 g/mol. The van der Waals surface area contributed by atoms with Gasteiger partial charge in [-0.15, -0.1) is 6.42 Å². The third kappa shape index (κ3) is 4.93. The first-order chi connectivity index (χ1) is 8.09. The average Bonchev–Trinajstić information content (AvgIpc) is 2.58. The fourth-order valence-electron chi connectivity index (χ4n) is 1.98. The maximum absolute atomic E-state index is 5.73. The van der Waals surface area contributed by atoms with Gasteiger partial charge in [0.2, 0.25) is 0 Å². The summed E-state index contributed by atoms with van der Waals surface area (Å²) in [4.78, 5) is 0. The van der Waals surface area contributed by atoms with Crippen molar-refractivity contribution in [2.24, 2.45) is 0 Å². The van der Waals surface area contributed by atoms with E-state index in [2.05, 4.69) is 18.9 Å². The zero-order valence-electron chi connectivity index (χ0n) is 11.2. The molecule has 0 aromatic rings. The van der Waals surface area contributed by atoms with Crippen LogP contribution in [0.25, 0.3) is 0 Å². The van der Waals surface area contributed by atoms with Crippen LogP contribution < -0.4 is 0 Å². The lowest BCUT2D eigenvalue weighted by atomic mass is 10.1. The van der Waals surface area contributed by atoms with E-state index in [0.717, 1.165) is 6.42 Å². The van der Waals surface area contributed by atoms with Crippen molar-refractivity contribution in [3.05, 3.63) is 12.2 Å². The Labute approximate surface area is 105 Å². The maximum atomic E-state index is 5.73. The molecule has 0 spiro atoms. The highest BCUT2D eigenvalue weighted by molar-refractivity contribution is 5.09. The van der Waals surface area contributed by atoms with Crippen LogP contribution in [0.4, 0.5) is 0 Å². The lowest BCUT2D eigenvalue weighted by Crippen LogP contribution is -2.20. The molecule has 96 valence electrons. The molecule has 0 aromatic heterocycles. The van der Waals surface area contributed by atoms with Crippen LogP contribution in [0.2, 0.25) is 0 Å². The summed E-state index contributed by atoms with van der Waals surface area (Å²) < 4.78 is 11.3. The number of hydrogen-bond donors (Lipinski definition) is 0. The van der Waals surface area contributed by atoms with Gasteiger partial charge in [-0.05, 0) is 26.7 Å². The SMILES string of the molecule is C#C[C@H]1OC(C)(C)O[C@@H]1/C=C/CCCCCC. The first kappa shape index (κ1) is 14.3. The molecule has 17 heavy (non-hydrogen) atoms. The Hall–Kier alpha value is -0.780.